The third kappa shape index (κ3) is 3.22. The maximum absolute atomic E-state index is 12.6. The number of carbonyl (C=O) groups is 1. The molecule has 6 heteroatoms. The van der Waals surface area contributed by atoms with Gasteiger partial charge in [-0.05, 0) is 31.9 Å². The van der Waals surface area contributed by atoms with Gasteiger partial charge in [0, 0.05) is 19.0 Å². The van der Waals surface area contributed by atoms with Crippen LogP contribution in [0.25, 0.3) is 0 Å². The predicted octanol–water partition coefficient (Wildman–Crippen LogP) is 3.88. The number of piperidine rings is 1. The van der Waals surface area contributed by atoms with E-state index in [1.165, 1.54) is 0 Å². The molecule has 0 bridgehead atoms. The Morgan fingerprint density at radius 2 is 2.00 bits per heavy atom. The Bertz CT molecular complexity index is 519. The first-order valence-electron chi connectivity index (χ1n) is 6.52. The van der Waals surface area contributed by atoms with E-state index in [4.69, 9.17) is 34.8 Å². The van der Waals surface area contributed by atoms with Crippen LogP contribution in [0.3, 0.4) is 0 Å². The van der Waals surface area contributed by atoms with E-state index >= 15 is 0 Å². The molecule has 0 aliphatic carbocycles. The van der Waals surface area contributed by atoms with E-state index in [0.717, 1.165) is 12.8 Å². The number of halogens is 3. The second kappa shape index (κ2) is 6.52. The molecule has 1 amide bonds. The molecule has 1 N–H and O–H groups in total. The molecule has 110 valence electrons. The summed E-state index contributed by atoms with van der Waals surface area (Å²) in [6.45, 7) is 2.90. The molecule has 2 atom stereocenters. The van der Waals surface area contributed by atoms with Crippen LogP contribution in [0.4, 0.5) is 0 Å². The smallest absolute Gasteiger partial charge is 0.256 e. The molecule has 2 rings (SSSR count). The fraction of sp³-hybridized carbons (Fsp3) is 0.500. The van der Waals surface area contributed by atoms with E-state index in [0.29, 0.717) is 23.1 Å². The van der Waals surface area contributed by atoms with Crippen LogP contribution in [0.5, 0.6) is 0 Å². The van der Waals surface area contributed by atoms with E-state index in [9.17, 15) is 9.90 Å². The van der Waals surface area contributed by atoms with Gasteiger partial charge in [-0.15, -0.1) is 0 Å². The summed E-state index contributed by atoms with van der Waals surface area (Å²) in [5.41, 5.74) is 0.243. The lowest BCUT2D eigenvalue weighted by Gasteiger charge is -2.34. The molecule has 0 aromatic heterocycles. The maximum atomic E-state index is 12.6. The second-order valence-corrected chi connectivity index (χ2v) is 6.30. The Morgan fingerprint density at radius 3 is 2.65 bits per heavy atom. The predicted molar refractivity (Wildman–Crippen MR) is 81.8 cm³/mol. The highest BCUT2D eigenvalue weighted by molar-refractivity contribution is 6.46. The van der Waals surface area contributed by atoms with Crippen LogP contribution in [0, 0.1) is 5.92 Å². The number of nitrogens with zero attached hydrogens (tertiary/aromatic N) is 1. The number of likely N-dealkylation sites (tertiary alicyclic amines) is 1. The molecule has 0 spiro atoms. The molecule has 1 aliphatic heterocycles. The maximum Gasteiger partial charge on any atom is 0.256 e. The van der Waals surface area contributed by atoms with E-state index in [1.807, 2.05) is 0 Å². The Labute approximate surface area is 133 Å². The molecule has 3 nitrogen and oxygen atoms in total. The van der Waals surface area contributed by atoms with Gasteiger partial charge in [-0.1, -0.05) is 34.8 Å². The highest BCUT2D eigenvalue weighted by Gasteiger charge is 2.29. The fourth-order valence-corrected chi connectivity index (χ4v) is 3.16. The SMILES string of the molecule is CC(O)C1CCCN(C(=O)c2c(Cl)ccc(Cl)c2Cl)C1. The molecule has 1 aromatic rings. The third-order valence-corrected chi connectivity index (χ3v) is 4.80. The molecule has 1 fully saturated rings. The van der Waals surface area contributed by atoms with Gasteiger partial charge in [-0.3, -0.25) is 4.79 Å². The van der Waals surface area contributed by atoms with E-state index in [1.54, 1.807) is 24.0 Å². The third-order valence-electron chi connectivity index (χ3n) is 3.69. The minimum Gasteiger partial charge on any atom is -0.393 e. The van der Waals surface area contributed by atoms with Gasteiger partial charge in [0.2, 0.25) is 0 Å². The summed E-state index contributed by atoms with van der Waals surface area (Å²) in [6, 6.07) is 3.14. The first-order valence-corrected chi connectivity index (χ1v) is 7.66. The van der Waals surface area contributed by atoms with Crippen molar-refractivity contribution in [3.63, 3.8) is 0 Å². The lowest BCUT2D eigenvalue weighted by Crippen LogP contribution is -2.43. The van der Waals surface area contributed by atoms with Crippen molar-refractivity contribution in [3.05, 3.63) is 32.8 Å². The van der Waals surface area contributed by atoms with Crippen molar-refractivity contribution in [1.82, 2.24) is 4.90 Å². The van der Waals surface area contributed by atoms with Gasteiger partial charge in [0.1, 0.15) is 0 Å². The van der Waals surface area contributed by atoms with Crippen LogP contribution in [0.15, 0.2) is 12.1 Å². The van der Waals surface area contributed by atoms with Gasteiger partial charge in [-0.25, -0.2) is 0 Å². The molecule has 0 saturated carbocycles. The molecule has 1 aliphatic rings. The average molecular weight is 337 g/mol. The number of rotatable bonds is 2. The topological polar surface area (TPSA) is 40.5 Å². The number of amides is 1. The minimum atomic E-state index is -0.434. The standard InChI is InChI=1S/C14H16Cl3NO2/c1-8(19)9-3-2-6-18(7-9)14(20)12-10(15)4-5-11(16)13(12)17/h4-5,8-9,19H,2-3,6-7H2,1H3. The first kappa shape index (κ1) is 15.9. The monoisotopic (exact) mass is 335 g/mol. The van der Waals surface area contributed by atoms with Crippen molar-refractivity contribution in [3.8, 4) is 0 Å². The average Bonchev–Trinajstić information content (AvgIpc) is 2.43. The van der Waals surface area contributed by atoms with Crippen LogP contribution in [-0.4, -0.2) is 35.1 Å². The van der Waals surface area contributed by atoms with Crippen LogP contribution in [0.2, 0.25) is 15.1 Å². The highest BCUT2D eigenvalue weighted by Crippen LogP contribution is 2.33. The molecule has 2 unspecified atom stereocenters. The number of aliphatic hydroxyl groups excluding tert-OH is 1. The Kier molecular flexibility index (Phi) is 5.19. The lowest BCUT2D eigenvalue weighted by atomic mass is 9.93. The molecule has 1 heterocycles. The molecule has 1 aromatic carbocycles. The normalized spacial score (nSPS) is 20.9. The molecular formula is C14H16Cl3NO2. The summed E-state index contributed by atoms with van der Waals surface area (Å²) in [4.78, 5) is 14.3. The number of benzene rings is 1. The quantitative estimate of drug-likeness (QED) is 0.833. The molecule has 20 heavy (non-hydrogen) atoms. The van der Waals surface area contributed by atoms with E-state index in [2.05, 4.69) is 0 Å². The summed E-state index contributed by atoms with van der Waals surface area (Å²) < 4.78 is 0. The van der Waals surface area contributed by atoms with Crippen LogP contribution in [0.1, 0.15) is 30.1 Å². The summed E-state index contributed by atoms with van der Waals surface area (Å²) in [5, 5.41) is 10.5. The van der Waals surface area contributed by atoms with Crippen molar-refractivity contribution >= 4 is 40.7 Å². The number of hydrogen-bond acceptors (Lipinski definition) is 2. The van der Waals surface area contributed by atoms with Crippen LogP contribution < -0.4 is 0 Å². The number of aliphatic hydroxyl groups is 1. The largest absolute Gasteiger partial charge is 0.393 e. The van der Waals surface area contributed by atoms with Gasteiger partial charge in [0.25, 0.3) is 5.91 Å². The van der Waals surface area contributed by atoms with Gasteiger partial charge in [0.15, 0.2) is 0 Å². The summed E-state index contributed by atoms with van der Waals surface area (Å²) in [7, 11) is 0. The Balaban J connectivity index is 2.25. The summed E-state index contributed by atoms with van der Waals surface area (Å²) in [6.07, 6.45) is 1.34. The first-order chi connectivity index (χ1) is 9.41. The van der Waals surface area contributed by atoms with Crippen LogP contribution >= 0.6 is 34.8 Å². The molecule has 1 saturated heterocycles. The van der Waals surface area contributed by atoms with Crippen LogP contribution in [-0.2, 0) is 0 Å². The van der Waals surface area contributed by atoms with E-state index in [-0.39, 0.29) is 22.4 Å². The zero-order valence-electron chi connectivity index (χ0n) is 11.1. The Hall–Kier alpha value is -0.480. The lowest BCUT2D eigenvalue weighted by molar-refractivity contribution is 0.0466. The summed E-state index contributed by atoms with van der Waals surface area (Å²) >= 11 is 18.1. The number of carbonyl (C=O) groups excluding carboxylic acids is 1. The van der Waals surface area contributed by atoms with Crippen molar-refractivity contribution in [2.75, 3.05) is 13.1 Å². The van der Waals surface area contributed by atoms with Crippen molar-refractivity contribution in [1.29, 1.82) is 0 Å². The highest BCUT2D eigenvalue weighted by atomic mass is 35.5. The van der Waals surface area contributed by atoms with Gasteiger partial charge < -0.3 is 10.0 Å². The van der Waals surface area contributed by atoms with Crippen molar-refractivity contribution in [2.24, 2.45) is 5.92 Å². The zero-order valence-corrected chi connectivity index (χ0v) is 13.3. The second-order valence-electron chi connectivity index (χ2n) is 5.11. The Morgan fingerprint density at radius 1 is 1.35 bits per heavy atom. The minimum absolute atomic E-state index is 0.0874. The van der Waals surface area contributed by atoms with E-state index < -0.39 is 6.10 Å². The fourth-order valence-electron chi connectivity index (χ4n) is 2.47. The zero-order chi connectivity index (χ0) is 14.9. The molecular weight excluding hydrogens is 321 g/mol. The van der Waals surface area contributed by atoms with Crippen molar-refractivity contribution < 1.29 is 9.90 Å². The van der Waals surface area contributed by atoms with Gasteiger partial charge >= 0.3 is 0 Å². The molecule has 0 radical (unpaired) electrons. The van der Waals surface area contributed by atoms with Gasteiger partial charge in [0.05, 0.1) is 26.7 Å². The summed E-state index contributed by atoms with van der Waals surface area (Å²) in [5.74, 6) is -0.141. The van der Waals surface area contributed by atoms with Gasteiger partial charge in [-0.2, -0.15) is 0 Å². The van der Waals surface area contributed by atoms with Crippen molar-refractivity contribution in [2.45, 2.75) is 25.9 Å². The number of hydrogen-bond donors (Lipinski definition) is 1.